The van der Waals surface area contributed by atoms with Crippen molar-refractivity contribution in [1.82, 2.24) is 0 Å². The molecule has 0 aliphatic rings. The van der Waals surface area contributed by atoms with Gasteiger partial charge in [-0.25, -0.2) is 0 Å². The number of nitriles is 1. The van der Waals surface area contributed by atoms with Crippen molar-refractivity contribution < 1.29 is 0 Å². The lowest BCUT2D eigenvalue weighted by Crippen LogP contribution is -1.94. The summed E-state index contributed by atoms with van der Waals surface area (Å²) in [4.78, 5) is 3.72. The summed E-state index contributed by atoms with van der Waals surface area (Å²) in [5.74, 6) is 0. The fourth-order valence-corrected chi connectivity index (χ4v) is 0.365. The van der Waals surface area contributed by atoms with E-state index in [0.29, 0.717) is 6.42 Å². The maximum absolute atomic E-state index is 8.10. The van der Waals surface area contributed by atoms with Gasteiger partial charge in [0.05, 0.1) is 6.07 Å². The molecular formula is C6H10N2. The predicted molar refractivity (Wildman–Crippen MR) is 33.9 cm³/mol. The van der Waals surface area contributed by atoms with Gasteiger partial charge in [-0.2, -0.15) is 5.26 Å². The van der Waals surface area contributed by atoms with Crippen LogP contribution in [0.5, 0.6) is 0 Å². The predicted octanol–water partition coefficient (Wildman–Crippen LogP) is 1.38. The molecule has 0 bridgehead atoms. The molecule has 0 fully saturated rings. The number of rotatable bonds is 3. The third kappa shape index (κ3) is 3.35. The van der Waals surface area contributed by atoms with Crippen LogP contribution in [0.4, 0.5) is 0 Å². The molecule has 0 aliphatic heterocycles. The van der Waals surface area contributed by atoms with Gasteiger partial charge in [-0.15, -0.1) is 0 Å². The SMILES string of the molecule is C=NC(C)CCC#N. The zero-order valence-electron chi connectivity index (χ0n) is 5.09. The first kappa shape index (κ1) is 7.16. The summed E-state index contributed by atoms with van der Waals surface area (Å²) >= 11 is 0. The Hall–Kier alpha value is -0.840. The average Bonchev–Trinajstić information content (AvgIpc) is 1.83. The van der Waals surface area contributed by atoms with Crippen molar-refractivity contribution in [3.8, 4) is 6.07 Å². The molecule has 0 amide bonds. The molecular weight excluding hydrogens is 100 g/mol. The van der Waals surface area contributed by atoms with Gasteiger partial charge in [0.25, 0.3) is 0 Å². The van der Waals surface area contributed by atoms with Gasteiger partial charge in [0, 0.05) is 12.5 Å². The van der Waals surface area contributed by atoms with E-state index in [4.69, 9.17) is 5.26 Å². The first-order valence-electron chi connectivity index (χ1n) is 2.64. The van der Waals surface area contributed by atoms with Crippen LogP contribution in [-0.2, 0) is 0 Å². The van der Waals surface area contributed by atoms with Crippen LogP contribution in [0.1, 0.15) is 19.8 Å². The Bertz CT molecular complexity index is 102. The van der Waals surface area contributed by atoms with Gasteiger partial charge in [-0.05, 0) is 20.1 Å². The molecule has 0 aromatic carbocycles. The van der Waals surface area contributed by atoms with Gasteiger partial charge in [-0.1, -0.05) is 0 Å². The third-order valence-corrected chi connectivity index (χ3v) is 0.986. The maximum Gasteiger partial charge on any atom is 0.0622 e. The Morgan fingerprint density at radius 2 is 2.50 bits per heavy atom. The molecule has 0 aliphatic carbocycles. The molecule has 2 nitrogen and oxygen atoms in total. The van der Waals surface area contributed by atoms with Gasteiger partial charge in [0.2, 0.25) is 0 Å². The summed E-state index contributed by atoms with van der Waals surface area (Å²) in [6.07, 6.45) is 1.42. The molecule has 44 valence electrons. The number of nitrogens with zero attached hydrogens (tertiary/aromatic N) is 2. The molecule has 0 aromatic rings. The Morgan fingerprint density at radius 3 is 2.88 bits per heavy atom. The zero-order chi connectivity index (χ0) is 6.41. The molecule has 0 spiro atoms. The molecule has 0 saturated heterocycles. The highest BCUT2D eigenvalue weighted by Gasteiger charge is 1.92. The second kappa shape index (κ2) is 4.32. The molecule has 0 N–H and O–H groups in total. The van der Waals surface area contributed by atoms with E-state index in [1.807, 2.05) is 13.0 Å². The van der Waals surface area contributed by atoms with Crippen molar-refractivity contribution in [2.45, 2.75) is 25.8 Å². The minimum Gasteiger partial charge on any atom is -0.298 e. The molecule has 0 aromatic heterocycles. The van der Waals surface area contributed by atoms with Crippen molar-refractivity contribution in [3.63, 3.8) is 0 Å². The van der Waals surface area contributed by atoms with E-state index < -0.39 is 0 Å². The summed E-state index contributed by atoms with van der Waals surface area (Å²) in [6, 6.07) is 2.29. The lowest BCUT2D eigenvalue weighted by molar-refractivity contribution is 0.687. The Morgan fingerprint density at radius 1 is 1.88 bits per heavy atom. The Kier molecular flexibility index (Phi) is 3.87. The highest BCUT2D eigenvalue weighted by atomic mass is 14.7. The third-order valence-electron chi connectivity index (χ3n) is 0.986. The molecule has 8 heavy (non-hydrogen) atoms. The van der Waals surface area contributed by atoms with Crippen molar-refractivity contribution in [2.75, 3.05) is 0 Å². The smallest absolute Gasteiger partial charge is 0.0622 e. The van der Waals surface area contributed by atoms with Crippen LogP contribution in [0.3, 0.4) is 0 Å². The highest BCUT2D eigenvalue weighted by Crippen LogP contribution is 1.97. The van der Waals surface area contributed by atoms with Crippen molar-refractivity contribution in [3.05, 3.63) is 0 Å². The largest absolute Gasteiger partial charge is 0.298 e. The van der Waals surface area contributed by atoms with Crippen LogP contribution in [0.2, 0.25) is 0 Å². The summed E-state index contributed by atoms with van der Waals surface area (Å²) in [5, 5.41) is 8.10. The monoisotopic (exact) mass is 110 g/mol. The van der Waals surface area contributed by atoms with E-state index >= 15 is 0 Å². The topological polar surface area (TPSA) is 36.1 Å². The van der Waals surface area contributed by atoms with Crippen molar-refractivity contribution in [2.24, 2.45) is 4.99 Å². The minimum atomic E-state index is 0.245. The Balaban J connectivity index is 3.13. The van der Waals surface area contributed by atoms with Gasteiger partial charge in [-0.3, -0.25) is 4.99 Å². The van der Waals surface area contributed by atoms with Crippen LogP contribution in [0, 0.1) is 11.3 Å². The summed E-state index contributed by atoms with van der Waals surface area (Å²) in [7, 11) is 0. The van der Waals surface area contributed by atoms with Gasteiger partial charge in [0.15, 0.2) is 0 Å². The second-order valence-corrected chi connectivity index (χ2v) is 1.73. The molecule has 0 rings (SSSR count). The summed E-state index contributed by atoms with van der Waals surface area (Å²) in [6.45, 7) is 5.30. The maximum atomic E-state index is 8.10. The number of aliphatic imine (C=N–C) groups is 1. The normalized spacial score (nSPS) is 12.0. The molecule has 1 atom stereocenters. The number of hydrogen-bond donors (Lipinski definition) is 0. The first-order valence-corrected chi connectivity index (χ1v) is 2.64. The molecule has 2 heteroatoms. The standard InChI is InChI=1S/C6H10N2/c1-6(8-2)4-3-5-7/h6H,2-4H2,1H3. The average molecular weight is 110 g/mol. The molecule has 0 saturated carbocycles. The van der Waals surface area contributed by atoms with Gasteiger partial charge in [0.1, 0.15) is 0 Å². The van der Waals surface area contributed by atoms with Crippen molar-refractivity contribution >= 4 is 6.72 Å². The number of hydrogen-bond acceptors (Lipinski definition) is 2. The van der Waals surface area contributed by atoms with E-state index in [2.05, 4.69) is 11.7 Å². The highest BCUT2D eigenvalue weighted by molar-refractivity contribution is 5.23. The lowest BCUT2D eigenvalue weighted by atomic mass is 10.2. The van der Waals surface area contributed by atoms with Gasteiger partial charge < -0.3 is 0 Å². The van der Waals surface area contributed by atoms with E-state index in [1.165, 1.54) is 0 Å². The molecule has 0 heterocycles. The second-order valence-electron chi connectivity index (χ2n) is 1.73. The zero-order valence-corrected chi connectivity index (χ0v) is 5.09. The first-order chi connectivity index (χ1) is 3.81. The van der Waals surface area contributed by atoms with E-state index in [9.17, 15) is 0 Å². The summed E-state index contributed by atoms with van der Waals surface area (Å²) in [5.41, 5.74) is 0. The minimum absolute atomic E-state index is 0.245. The fourth-order valence-electron chi connectivity index (χ4n) is 0.365. The van der Waals surface area contributed by atoms with Crippen LogP contribution < -0.4 is 0 Å². The van der Waals surface area contributed by atoms with Crippen LogP contribution in [-0.4, -0.2) is 12.8 Å². The van der Waals surface area contributed by atoms with Crippen LogP contribution in [0.25, 0.3) is 0 Å². The van der Waals surface area contributed by atoms with E-state index in [1.54, 1.807) is 0 Å². The van der Waals surface area contributed by atoms with Crippen molar-refractivity contribution in [1.29, 1.82) is 5.26 Å². The Labute approximate surface area is 49.9 Å². The molecule has 1 unspecified atom stereocenters. The van der Waals surface area contributed by atoms with E-state index in [-0.39, 0.29) is 6.04 Å². The van der Waals surface area contributed by atoms with E-state index in [0.717, 1.165) is 6.42 Å². The van der Waals surface area contributed by atoms with Crippen LogP contribution >= 0.6 is 0 Å². The fraction of sp³-hybridized carbons (Fsp3) is 0.667. The van der Waals surface area contributed by atoms with Crippen LogP contribution in [0.15, 0.2) is 4.99 Å². The quantitative estimate of drug-likeness (QED) is 0.505. The lowest BCUT2D eigenvalue weighted by Gasteiger charge is -1.97. The van der Waals surface area contributed by atoms with Gasteiger partial charge >= 0.3 is 0 Å². The molecule has 0 radical (unpaired) electrons. The summed E-state index contributed by atoms with van der Waals surface area (Å²) < 4.78 is 0.